The van der Waals surface area contributed by atoms with Crippen LogP contribution in [0.15, 0.2) is 55.1 Å². The number of ether oxygens (including phenoxy) is 3. The molecule has 0 amide bonds. The van der Waals surface area contributed by atoms with Crippen LogP contribution < -0.4 is 4.74 Å². The summed E-state index contributed by atoms with van der Waals surface area (Å²) in [6.45, 7) is -0.297. The molecule has 0 spiro atoms. The molecule has 0 aliphatic carbocycles. The van der Waals surface area contributed by atoms with Crippen molar-refractivity contribution in [3.05, 3.63) is 77.1 Å². The quantitative estimate of drug-likeness (QED) is 0.343. The number of hydrogen-bond acceptors (Lipinski definition) is 9. The molecule has 0 bridgehead atoms. The maximum absolute atomic E-state index is 13.6. The van der Waals surface area contributed by atoms with Gasteiger partial charge in [0.2, 0.25) is 6.29 Å². The molecule has 7 atom stereocenters. The second-order valence-corrected chi connectivity index (χ2v) is 8.84. The smallest absolute Gasteiger partial charge is 0.229 e. The summed E-state index contributed by atoms with van der Waals surface area (Å²) in [7, 11) is 0. The lowest BCUT2D eigenvalue weighted by Crippen LogP contribution is -2.60. The van der Waals surface area contributed by atoms with Gasteiger partial charge >= 0.3 is 0 Å². The van der Waals surface area contributed by atoms with E-state index in [1.54, 1.807) is 41.3 Å². The van der Waals surface area contributed by atoms with Crippen molar-refractivity contribution in [2.24, 2.45) is 0 Å². The average molecular weight is 508 g/mol. The van der Waals surface area contributed by atoms with Gasteiger partial charge in [0.15, 0.2) is 0 Å². The second-order valence-electron chi connectivity index (χ2n) is 8.46. The summed E-state index contributed by atoms with van der Waals surface area (Å²) < 4.78 is 32.5. The zero-order valence-corrected chi connectivity index (χ0v) is 18.9. The van der Waals surface area contributed by atoms with Gasteiger partial charge in [-0.3, -0.25) is 0 Å². The molecule has 0 radical (unpaired) electrons. The van der Waals surface area contributed by atoms with E-state index in [0.29, 0.717) is 5.56 Å². The zero-order chi connectivity index (χ0) is 24.7. The first kappa shape index (κ1) is 24.1. The van der Waals surface area contributed by atoms with Crippen LogP contribution in [-0.2, 0) is 21.6 Å². The third-order valence-corrected chi connectivity index (χ3v) is 6.66. The van der Waals surface area contributed by atoms with Crippen molar-refractivity contribution in [3.8, 4) is 5.75 Å². The minimum absolute atomic E-state index is 0.137. The van der Waals surface area contributed by atoms with Crippen LogP contribution in [0.2, 0.25) is 5.02 Å². The fourth-order valence-electron chi connectivity index (χ4n) is 4.32. The lowest BCUT2D eigenvalue weighted by molar-refractivity contribution is -0.277. The zero-order valence-electron chi connectivity index (χ0n) is 18.2. The van der Waals surface area contributed by atoms with Gasteiger partial charge in [-0.05, 0) is 23.8 Å². The first-order chi connectivity index (χ1) is 16.8. The van der Waals surface area contributed by atoms with Gasteiger partial charge in [0.25, 0.3) is 0 Å². The highest BCUT2D eigenvalue weighted by Crippen LogP contribution is 2.60. The van der Waals surface area contributed by atoms with Crippen LogP contribution in [0.5, 0.6) is 5.75 Å². The third kappa shape index (κ3) is 4.40. The molecule has 2 fully saturated rings. The van der Waals surface area contributed by atoms with Crippen LogP contribution in [0.25, 0.3) is 0 Å². The predicted molar refractivity (Wildman–Crippen MR) is 118 cm³/mol. The fourth-order valence-corrected chi connectivity index (χ4v) is 4.59. The summed E-state index contributed by atoms with van der Waals surface area (Å²) in [6, 6.07) is 10.9. The third-order valence-electron chi connectivity index (χ3n) is 6.26. The summed E-state index contributed by atoms with van der Waals surface area (Å²) in [5, 5.41) is 44.1. The minimum Gasteiger partial charge on any atom is -0.460 e. The maximum Gasteiger partial charge on any atom is 0.229 e. The highest BCUT2D eigenvalue weighted by atomic mass is 35.5. The first-order valence-corrected chi connectivity index (χ1v) is 11.2. The van der Waals surface area contributed by atoms with Crippen molar-refractivity contribution in [1.29, 1.82) is 0 Å². The highest BCUT2D eigenvalue weighted by molar-refractivity contribution is 6.33. The van der Waals surface area contributed by atoms with Gasteiger partial charge in [0, 0.05) is 5.56 Å². The summed E-state index contributed by atoms with van der Waals surface area (Å²) >= 11 is 6.67. The van der Waals surface area contributed by atoms with Crippen LogP contribution in [0.4, 0.5) is 4.39 Å². The molecule has 1 aromatic heterocycles. The molecule has 2 aromatic carbocycles. The number of epoxide rings is 1. The van der Waals surface area contributed by atoms with Crippen molar-refractivity contribution in [1.82, 2.24) is 14.8 Å². The number of aromatic nitrogens is 3. The van der Waals surface area contributed by atoms with Crippen LogP contribution >= 0.6 is 11.6 Å². The van der Waals surface area contributed by atoms with E-state index in [0.717, 1.165) is 5.56 Å². The molecule has 2 unspecified atom stereocenters. The van der Waals surface area contributed by atoms with Crippen molar-refractivity contribution >= 4 is 11.6 Å². The van der Waals surface area contributed by atoms with Gasteiger partial charge in [0.1, 0.15) is 60.3 Å². The standard InChI is InChI=1S/C23H23ClFN3O7/c24-17-14(2-1-3-15(17)33-22-20(32)19(31)18(30)16(8-29)34-22)21-23(35-21,9-28-11-26-10-27-28)12-4-6-13(25)7-5-12/h1-7,10-11,16,18-22,29-32H,8-9H2/t16-,18-,19+,20-,21?,22-,23?/m1/s1. The molecule has 186 valence electrons. The molecule has 2 saturated heterocycles. The molecule has 10 nitrogen and oxygen atoms in total. The number of aliphatic hydroxyl groups is 4. The molecular formula is C23H23ClFN3O7. The van der Waals surface area contributed by atoms with Crippen LogP contribution in [-0.4, -0.2) is 72.5 Å². The summed E-state index contributed by atoms with van der Waals surface area (Å²) in [4.78, 5) is 3.96. The van der Waals surface area contributed by atoms with Gasteiger partial charge in [0.05, 0.1) is 18.2 Å². The predicted octanol–water partition coefficient (Wildman–Crippen LogP) is 0.916. The molecule has 2 aliphatic rings. The molecule has 5 rings (SSSR count). The Hall–Kier alpha value is -2.64. The molecule has 3 heterocycles. The maximum atomic E-state index is 13.6. The SMILES string of the molecule is OC[C@H]1O[C@@H](Oc2cccc(C3OC3(Cn3cncn3)c3ccc(F)cc3)c2Cl)[C@H](O)[C@@H](O)[C@@H]1O. The number of benzene rings is 2. The van der Waals surface area contributed by atoms with Crippen LogP contribution in [0.3, 0.4) is 0 Å². The molecular weight excluding hydrogens is 485 g/mol. The highest BCUT2D eigenvalue weighted by Gasteiger charge is 2.60. The molecule has 0 saturated carbocycles. The first-order valence-electron chi connectivity index (χ1n) is 10.9. The average Bonchev–Trinajstić information content (AvgIpc) is 3.33. The van der Waals surface area contributed by atoms with Crippen molar-refractivity contribution in [3.63, 3.8) is 0 Å². The van der Waals surface area contributed by atoms with E-state index in [1.807, 2.05) is 0 Å². The van der Waals surface area contributed by atoms with E-state index in [4.69, 9.17) is 25.8 Å². The van der Waals surface area contributed by atoms with Crippen LogP contribution in [0, 0.1) is 5.82 Å². The molecule has 12 heteroatoms. The largest absolute Gasteiger partial charge is 0.460 e. The molecule has 2 aliphatic heterocycles. The van der Waals surface area contributed by atoms with Gasteiger partial charge in [-0.2, -0.15) is 5.10 Å². The van der Waals surface area contributed by atoms with Gasteiger partial charge in [-0.15, -0.1) is 0 Å². The summed E-state index contributed by atoms with van der Waals surface area (Å²) in [6.07, 6.45) is -4.80. The van der Waals surface area contributed by atoms with E-state index in [9.17, 15) is 24.8 Å². The van der Waals surface area contributed by atoms with Crippen molar-refractivity contribution < 1.29 is 39.0 Å². The number of aliphatic hydroxyl groups excluding tert-OH is 4. The fraction of sp³-hybridized carbons (Fsp3) is 0.391. The van der Waals surface area contributed by atoms with E-state index in [-0.39, 0.29) is 23.1 Å². The molecule has 4 N–H and O–H groups in total. The normalized spacial score (nSPS) is 32.4. The Morgan fingerprint density at radius 3 is 2.54 bits per heavy atom. The number of nitrogens with zero attached hydrogens (tertiary/aromatic N) is 3. The number of hydrogen-bond donors (Lipinski definition) is 4. The van der Waals surface area contributed by atoms with Crippen molar-refractivity contribution in [2.45, 2.75) is 49.0 Å². The Labute approximate surface area is 204 Å². The topological polar surface area (TPSA) is 143 Å². The summed E-state index contributed by atoms with van der Waals surface area (Å²) in [5.41, 5.74) is 0.390. The lowest BCUT2D eigenvalue weighted by atomic mass is 9.91. The number of halogens is 2. The second kappa shape index (κ2) is 9.43. The van der Waals surface area contributed by atoms with Crippen molar-refractivity contribution in [2.75, 3.05) is 6.61 Å². The lowest BCUT2D eigenvalue weighted by Gasteiger charge is -2.39. The Morgan fingerprint density at radius 2 is 1.86 bits per heavy atom. The Balaban J connectivity index is 1.43. The molecule has 35 heavy (non-hydrogen) atoms. The van der Waals surface area contributed by atoms with E-state index < -0.39 is 49.0 Å². The Morgan fingerprint density at radius 1 is 1.09 bits per heavy atom. The summed E-state index contributed by atoms with van der Waals surface area (Å²) in [5.74, 6) is -0.243. The van der Waals surface area contributed by atoms with E-state index in [1.165, 1.54) is 18.5 Å². The van der Waals surface area contributed by atoms with Crippen LogP contribution in [0.1, 0.15) is 17.2 Å². The van der Waals surface area contributed by atoms with E-state index >= 15 is 0 Å². The minimum atomic E-state index is -1.59. The number of rotatable bonds is 7. The monoisotopic (exact) mass is 507 g/mol. The van der Waals surface area contributed by atoms with Gasteiger partial charge in [-0.1, -0.05) is 35.9 Å². The van der Waals surface area contributed by atoms with Gasteiger partial charge in [-0.25, -0.2) is 14.1 Å². The Bertz CT molecular complexity index is 1170. The van der Waals surface area contributed by atoms with Gasteiger partial charge < -0.3 is 34.6 Å². The molecule has 3 aromatic rings. The Kier molecular flexibility index (Phi) is 6.49. The van der Waals surface area contributed by atoms with E-state index in [2.05, 4.69) is 10.1 Å².